The van der Waals surface area contributed by atoms with Crippen molar-refractivity contribution in [2.24, 2.45) is 0 Å². The second-order valence-corrected chi connectivity index (χ2v) is 19.2. The van der Waals surface area contributed by atoms with Crippen molar-refractivity contribution in [3.63, 3.8) is 0 Å². The van der Waals surface area contributed by atoms with Crippen molar-refractivity contribution >= 4 is 57.4 Å². The molecule has 1 aliphatic heterocycles. The van der Waals surface area contributed by atoms with Crippen molar-refractivity contribution in [1.29, 1.82) is 0 Å². The van der Waals surface area contributed by atoms with Gasteiger partial charge in [-0.25, -0.2) is 0 Å². The molecular formula is C61H52BN2. The van der Waals surface area contributed by atoms with Gasteiger partial charge in [0.2, 0.25) is 0 Å². The summed E-state index contributed by atoms with van der Waals surface area (Å²) in [4.78, 5) is 2.59. The number of nitrogens with one attached hydrogen (secondary N) is 1. The summed E-state index contributed by atoms with van der Waals surface area (Å²) in [7, 11) is 2.50. The fourth-order valence-corrected chi connectivity index (χ4v) is 10.3. The zero-order valence-electron chi connectivity index (χ0n) is 37.4. The lowest BCUT2D eigenvalue weighted by molar-refractivity contribution is 0.332. The highest BCUT2D eigenvalue weighted by atomic mass is 15.2. The van der Waals surface area contributed by atoms with E-state index in [0.29, 0.717) is 0 Å². The molecule has 0 amide bonds. The van der Waals surface area contributed by atoms with Gasteiger partial charge in [-0.2, -0.15) is 0 Å². The summed E-state index contributed by atoms with van der Waals surface area (Å²) in [5, 5.41) is 6.40. The third-order valence-corrected chi connectivity index (χ3v) is 14.1. The Labute approximate surface area is 379 Å². The molecule has 1 heterocycles. The molecule has 9 aromatic rings. The predicted octanol–water partition coefficient (Wildman–Crippen LogP) is 15.3. The van der Waals surface area contributed by atoms with Crippen LogP contribution in [0.3, 0.4) is 0 Å². The van der Waals surface area contributed by atoms with E-state index in [9.17, 15) is 0 Å². The molecule has 0 aromatic heterocycles. The minimum atomic E-state index is 0.0572. The number of benzene rings is 9. The summed E-state index contributed by atoms with van der Waals surface area (Å²) in [5.41, 5.74) is 22.1. The maximum Gasteiger partial charge on any atom is 0.197 e. The predicted molar refractivity (Wildman–Crippen MR) is 275 cm³/mol. The number of hydrogen-bond acceptors (Lipinski definition) is 2. The summed E-state index contributed by atoms with van der Waals surface area (Å²) in [6.45, 7) is 12.0. The van der Waals surface area contributed by atoms with Crippen LogP contribution < -0.4 is 21.1 Å². The SMILES string of the molecule is Cc1ccc(-c2ccccc2)cc1N1c2cc3c(cc2[B]c2c1cc1ccccc1c2-c1ccc(-c2ccccc2)cc1Nc1ccc(-c2ccccc2)cc1)C(C)(C)CCC3(C)C. The molecule has 0 saturated carbocycles. The maximum absolute atomic E-state index is 3.96. The number of hydrogen-bond donors (Lipinski definition) is 1. The van der Waals surface area contributed by atoms with Gasteiger partial charge >= 0.3 is 0 Å². The van der Waals surface area contributed by atoms with Gasteiger partial charge in [0.25, 0.3) is 0 Å². The molecular weight excluding hydrogens is 771 g/mol. The van der Waals surface area contributed by atoms with E-state index in [1.54, 1.807) is 0 Å². The van der Waals surface area contributed by atoms with Gasteiger partial charge in [0.1, 0.15) is 0 Å². The monoisotopic (exact) mass is 823 g/mol. The first-order chi connectivity index (χ1) is 31.1. The van der Waals surface area contributed by atoms with Gasteiger partial charge < -0.3 is 10.2 Å². The van der Waals surface area contributed by atoms with Gasteiger partial charge in [-0.15, -0.1) is 0 Å². The van der Waals surface area contributed by atoms with Crippen LogP contribution in [0, 0.1) is 6.92 Å². The summed E-state index contributed by atoms with van der Waals surface area (Å²) in [5.74, 6) is 0. The van der Waals surface area contributed by atoms with Crippen LogP contribution in [0.5, 0.6) is 0 Å². The fraction of sp³-hybridized carbons (Fsp3) is 0.148. The average Bonchev–Trinajstić information content (AvgIpc) is 3.33. The summed E-state index contributed by atoms with van der Waals surface area (Å²) in [6, 6.07) is 71.4. The van der Waals surface area contributed by atoms with Gasteiger partial charge in [0, 0.05) is 34.0 Å². The van der Waals surface area contributed by atoms with Crippen LogP contribution in [0.1, 0.15) is 57.2 Å². The van der Waals surface area contributed by atoms with Crippen molar-refractivity contribution in [3.05, 3.63) is 211 Å². The smallest absolute Gasteiger partial charge is 0.197 e. The molecule has 0 atom stereocenters. The lowest BCUT2D eigenvalue weighted by Crippen LogP contribution is -2.44. The molecule has 0 fully saturated rings. The van der Waals surface area contributed by atoms with E-state index in [1.165, 1.54) is 94.4 Å². The second-order valence-electron chi connectivity index (χ2n) is 19.2. The molecule has 3 heteroatoms. The molecule has 0 unspecified atom stereocenters. The summed E-state index contributed by atoms with van der Waals surface area (Å²) in [6.07, 6.45) is 2.32. The van der Waals surface area contributed by atoms with E-state index in [0.717, 1.165) is 29.8 Å². The molecule has 1 aliphatic carbocycles. The number of rotatable bonds is 7. The molecule has 0 saturated heterocycles. The van der Waals surface area contributed by atoms with Crippen LogP contribution in [0.4, 0.5) is 28.4 Å². The zero-order valence-corrected chi connectivity index (χ0v) is 37.4. The van der Waals surface area contributed by atoms with Gasteiger partial charge in [-0.3, -0.25) is 0 Å². The quantitative estimate of drug-likeness (QED) is 0.161. The van der Waals surface area contributed by atoms with E-state index in [2.05, 4.69) is 246 Å². The number of aryl methyl sites for hydroxylation is 1. The minimum absolute atomic E-state index is 0.0572. The Bertz CT molecular complexity index is 3200. The molecule has 0 bridgehead atoms. The van der Waals surface area contributed by atoms with Gasteiger partial charge in [0.05, 0.1) is 0 Å². The van der Waals surface area contributed by atoms with Crippen LogP contribution >= 0.6 is 0 Å². The first-order valence-electron chi connectivity index (χ1n) is 22.8. The number of nitrogens with zero attached hydrogens (tertiary/aromatic N) is 1. The third-order valence-electron chi connectivity index (χ3n) is 14.1. The third kappa shape index (κ3) is 7.01. The lowest BCUT2D eigenvalue weighted by Gasteiger charge is -2.44. The van der Waals surface area contributed by atoms with Crippen LogP contribution in [-0.2, 0) is 10.8 Å². The zero-order chi connectivity index (χ0) is 43.6. The minimum Gasteiger partial charge on any atom is -0.355 e. The summed E-state index contributed by atoms with van der Waals surface area (Å²) < 4.78 is 0. The topological polar surface area (TPSA) is 15.3 Å². The highest BCUT2D eigenvalue weighted by molar-refractivity contribution is 6.73. The molecule has 2 aliphatic rings. The number of anilines is 5. The van der Waals surface area contributed by atoms with Gasteiger partial charge in [-0.05, 0) is 139 Å². The molecule has 1 N–H and O–H groups in total. The first kappa shape index (κ1) is 39.7. The maximum atomic E-state index is 3.96. The molecule has 1 radical (unpaired) electrons. The van der Waals surface area contributed by atoms with Crippen LogP contribution in [0.2, 0.25) is 0 Å². The van der Waals surface area contributed by atoms with E-state index in [4.69, 9.17) is 0 Å². The normalized spacial score (nSPS) is 14.5. The van der Waals surface area contributed by atoms with E-state index in [1.807, 2.05) is 0 Å². The fourth-order valence-electron chi connectivity index (χ4n) is 10.3. The molecule has 11 rings (SSSR count). The first-order valence-corrected chi connectivity index (χ1v) is 22.8. The Morgan fingerprint density at radius 1 is 0.469 bits per heavy atom. The van der Waals surface area contributed by atoms with Crippen molar-refractivity contribution in [2.45, 2.75) is 58.3 Å². The van der Waals surface area contributed by atoms with Crippen molar-refractivity contribution in [3.8, 4) is 44.5 Å². The molecule has 9 aromatic carbocycles. The molecule has 2 nitrogen and oxygen atoms in total. The standard InChI is InChI=1S/C61H52BN2/c1-40-25-26-46(43-21-13-8-14-22-43)36-55(40)64-56-39-52-51(60(2,3)33-34-61(52,4)5)38-53(56)62-59-57(64)37-47-23-15-16-24-49(47)58(59)50-32-29-45(42-19-11-7-12-20-42)35-54(50)63-48-30-27-44(28-31-48)41-17-9-6-10-18-41/h6-32,35-39,63H,33-34H2,1-5H3. The molecule has 64 heavy (non-hydrogen) atoms. The van der Waals surface area contributed by atoms with Gasteiger partial charge in [-0.1, -0.05) is 191 Å². The van der Waals surface area contributed by atoms with Gasteiger partial charge in [0.15, 0.2) is 7.28 Å². The lowest BCUT2D eigenvalue weighted by atomic mass is 9.54. The average molecular weight is 824 g/mol. The second kappa shape index (κ2) is 15.6. The Hall–Kier alpha value is -7.10. The molecule has 309 valence electrons. The number of fused-ring (bicyclic) bond motifs is 4. The Morgan fingerprint density at radius 2 is 1.00 bits per heavy atom. The highest BCUT2D eigenvalue weighted by Gasteiger charge is 2.40. The van der Waals surface area contributed by atoms with E-state index < -0.39 is 0 Å². The van der Waals surface area contributed by atoms with Crippen molar-refractivity contribution in [1.82, 2.24) is 0 Å². The summed E-state index contributed by atoms with van der Waals surface area (Å²) >= 11 is 0. The van der Waals surface area contributed by atoms with Crippen molar-refractivity contribution < 1.29 is 0 Å². The van der Waals surface area contributed by atoms with E-state index in [-0.39, 0.29) is 10.8 Å². The Balaban J connectivity index is 1.17. The van der Waals surface area contributed by atoms with Crippen LogP contribution in [-0.4, -0.2) is 7.28 Å². The van der Waals surface area contributed by atoms with E-state index >= 15 is 0 Å². The largest absolute Gasteiger partial charge is 0.355 e. The Morgan fingerprint density at radius 3 is 1.66 bits per heavy atom. The van der Waals surface area contributed by atoms with Crippen LogP contribution in [0.25, 0.3) is 55.3 Å². The highest BCUT2D eigenvalue weighted by Crippen LogP contribution is 2.50. The molecule has 0 spiro atoms. The van der Waals surface area contributed by atoms with Crippen molar-refractivity contribution in [2.75, 3.05) is 10.2 Å². The van der Waals surface area contributed by atoms with Crippen LogP contribution in [0.15, 0.2) is 194 Å². The Kier molecular flexibility index (Phi) is 9.69.